The number of rotatable bonds is 4. The van der Waals surface area contributed by atoms with Crippen LogP contribution in [0.1, 0.15) is 15.9 Å². The summed E-state index contributed by atoms with van der Waals surface area (Å²) in [6.07, 6.45) is 0. The average Bonchev–Trinajstić information content (AvgIpc) is 2.63. The van der Waals surface area contributed by atoms with Crippen LogP contribution in [0, 0.1) is 0 Å². The van der Waals surface area contributed by atoms with Crippen LogP contribution in [0.3, 0.4) is 0 Å². The first-order valence-electron chi connectivity index (χ1n) is 7.41. The van der Waals surface area contributed by atoms with Crippen LogP contribution in [-0.4, -0.2) is 32.7 Å². The zero-order valence-corrected chi connectivity index (χ0v) is 13.4. The Morgan fingerprint density at radius 2 is 1.92 bits per heavy atom. The molecule has 0 saturated heterocycles. The predicted octanol–water partition coefficient (Wildman–Crippen LogP) is 2.41. The number of carbonyl (C=O) groups is 2. The molecule has 6 nitrogen and oxygen atoms in total. The lowest BCUT2D eigenvalue weighted by Crippen LogP contribution is -2.38. The van der Waals surface area contributed by atoms with E-state index < -0.39 is 5.97 Å². The van der Waals surface area contributed by atoms with E-state index in [2.05, 4.69) is 0 Å². The van der Waals surface area contributed by atoms with Gasteiger partial charge in [0.15, 0.2) is 6.61 Å². The lowest BCUT2D eigenvalue weighted by molar-refractivity contribution is -0.121. The normalized spacial score (nSPS) is 13.1. The van der Waals surface area contributed by atoms with Crippen molar-refractivity contribution in [1.82, 2.24) is 0 Å². The molecular weight excluding hydrogens is 310 g/mol. The number of amides is 1. The molecule has 0 radical (unpaired) electrons. The van der Waals surface area contributed by atoms with Crippen LogP contribution in [0.25, 0.3) is 0 Å². The number of esters is 1. The summed E-state index contributed by atoms with van der Waals surface area (Å²) in [7, 11) is 2.92. The molecule has 0 atom stereocenters. The highest BCUT2D eigenvalue weighted by molar-refractivity contribution is 6.00. The van der Waals surface area contributed by atoms with Crippen LogP contribution >= 0.6 is 0 Å². The molecule has 0 spiro atoms. The molecule has 2 aromatic rings. The Labute approximate surface area is 139 Å². The summed E-state index contributed by atoms with van der Waals surface area (Å²) >= 11 is 0. The van der Waals surface area contributed by atoms with Crippen LogP contribution in [0.5, 0.6) is 11.5 Å². The number of benzene rings is 2. The Morgan fingerprint density at radius 3 is 2.58 bits per heavy atom. The number of hydrogen-bond acceptors (Lipinski definition) is 5. The highest BCUT2D eigenvalue weighted by atomic mass is 16.5. The number of carbonyl (C=O) groups excluding carboxylic acids is 2. The van der Waals surface area contributed by atoms with Gasteiger partial charge in [-0.1, -0.05) is 12.1 Å². The summed E-state index contributed by atoms with van der Waals surface area (Å²) in [5.41, 5.74) is 1.87. The van der Waals surface area contributed by atoms with E-state index in [0.717, 1.165) is 11.3 Å². The Balaban J connectivity index is 1.92. The summed E-state index contributed by atoms with van der Waals surface area (Å²) in [6, 6.07) is 12.4. The van der Waals surface area contributed by atoms with Crippen molar-refractivity contribution < 1.29 is 23.8 Å². The first kappa shape index (κ1) is 15.9. The van der Waals surface area contributed by atoms with Crippen LogP contribution in [0.2, 0.25) is 0 Å². The standard InChI is InChI=1S/C18H17NO5/c1-22-14-6-3-12(4-7-14)10-19-15-9-13(18(21)23-2)5-8-16(15)24-11-17(19)20/h3-9H,10-11H2,1-2H3. The van der Waals surface area contributed by atoms with E-state index in [-0.39, 0.29) is 12.5 Å². The average molecular weight is 327 g/mol. The first-order valence-corrected chi connectivity index (χ1v) is 7.41. The van der Waals surface area contributed by atoms with Gasteiger partial charge in [0.05, 0.1) is 32.0 Å². The maximum absolute atomic E-state index is 12.3. The van der Waals surface area contributed by atoms with E-state index in [1.165, 1.54) is 7.11 Å². The van der Waals surface area contributed by atoms with Crippen LogP contribution < -0.4 is 14.4 Å². The van der Waals surface area contributed by atoms with E-state index in [1.54, 1.807) is 30.2 Å². The van der Waals surface area contributed by atoms with Crippen molar-refractivity contribution in [3.63, 3.8) is 0 Å². The molecule has 0 saturated carbocycles. The number of nitrogens with zero attached hydrogens (tertiary/aromatic N) is 1. The predicted molar refractivity (Wildman–Crippen MR) is 87.5 cm³/mol. The molecule has 24 heavy (non-hydrogen) atoms. The van der Waals surface area contributed by atoms with Crippen LogP contribution in [-0.2, 0) is 16.1 Å². The van der Waals surface area contributed by atoms with E-state index in [9.17, 15) is 9.59 Å². The van der Waals surface area contributed by atoms with Crippen molar-refractivity contribution in [3.8, 4) is 11.5 Å². The van der Waals surface area contributed by atoms with Crippen molar-refractivity contribution in [2.24, 2.45) is 0 Å². The fraction of sp³-hybridized carbons (Fsp3) is 0.222. The van der Waals surface area contributed by atoms with Gasteiger partial charge >= 0.3 is 5.97 Å². The largest absolute Gasteiger partial charge is 0.497 e. The van der Waals surface area contributed by atoms with Crippen molar-refractivity contribution in [3.05, 3.63) is 53.6 Å². The fourth-order valence-electron chi connectivity index (χ4n) is 2.53. The third-order valence-electron chi connectivity index (χ3n) is 3.82. The van der Waals surface area contributed by atoms with Crippen molar-refractivity contribution >= 4 is 17.6 Å². The maximum atomic E-state index is 12.3. The van der Waals surface area contributed by atoms with E-state index in [1.807, 2.05) is 24.3 Å². The van der Waals surface area contributed by atoms with Gasteiger partial charge in [-0.2, -0.15) is 0 Å². The molecule has 1 aliphatic rings. The van der Waals surface area contributed by atoms with Gasteiger partial charge < -0.3 is 19.1 Å². The first-order chi connectivity index (χ1) is 11.6. The van der Waals surface area contributed by atoms with Gasteiger partial charge in [-0.3, -0.25) is 4.79 Å². The monoisotopic (exact) mass is 327 g/mol. The Kier molecular flexibility index (Phi) is 4.37. The van der Waals surface area contributed by atoms with Crippen molar-refractivity contribution in [1.29, 1.82) is 0 Å². The lowest BCUT2D eigenvalue weighted by Gasteiger charge is -2.29. The Hall–Kier alpha value is -3.02. The minimum absolute atomic E-state index is 0.0271. The van der Waals surface area contributed by atoms with Crippen LogP contribution in [0.4, 0.5) is 5.69 Å². The number of hydrogen-bond donors (Lipinski definition) is 0. The van der Waals surface area contributed by atoms with Gasteiger partial charge in [0.25, 0.3) is 5.91 Å². The van der Waals surface area contributed by atoms with E-state index in [4.69, 9.17) is 14.2 Å². The molecule has 0 bridgehead atoms. The summed E-state index contributed by atoms with van der Waals surface area (Å²) in [6.45, 7) is 0.352. The van der Waals surface area contributed by atoms with Gasteiger partial charge in [-0.05, 0) is 35.9 Å². The number of anilines is 1. The summed E-state index contributed by atoms with van der Waals surface area (Å²) in [4.78, 5) is 25.6. The highest BCUT2D eigenvalue weighted by Gasteiger charge is 2.26. The van der Waals surface area contributed by atoms with Gasteiger partial charge in [0.2, 0.25) is 0 Å². The zero-order valence-electron chi connectivity index (χ0n) is 13.4. The molecule has 2 aromatic carbocycles. The second-order valence-corrected chi connectivity index (χ2v) is 5.29. The van der Waals surface area contributed by atoms with Gasteiger partial charge in [-0.25, -0.2) is 4.79 Å². The van der Waals surface area contributed by atoms with E-state index >= 15 is 0 Å². The second-order valence-electron chi connectivity index (χ2n) is 5.29. The van der Waals surface area contributed by atoms with Gasteiger partial charge in [0.1, 0.15) is 11.5 Å². The molecule has 1 heterocycles. The van der Waals surface area contributed by atoms with Gasteiger partial charge in [-0.15, -0.1) is 0 Å². The van der Waals surface area contributed by atoms with Crippen molar-refractivity contribution in [2.75, 3.05) is 25.7 Å². The molecule has 1 amide bonds. The molecule has 0 fully saturated rings. The number of fused-ring (bicyclic) bond motifs is 1. The maximum Gasteiger partial charge on any atom is 0.337 e. The molecule has 124 valence electrons. The quantitative estimate of drug-likeness (QED) is 0.807. The molecular formula is C18H17NO5. The third kappa shape index (κ3) is 3.03. The summed E-state index contributed by atoms with van der Waals surface area (Å²) in [5.74, 6) is 0.691. The number of methoxy groups -OCH3 is 2. The van der Waals surface area contributed by atoms with E-state index in [0.29, 0.717) is 23.5 Å². The molecule has 1 aliphatic heterocycles. The third-order valence-corrected chi connectivity index (χ3v) is 3.82. The topological polar surface area (TPSA) is 65.1 Å². The molecule has 3 rings (SSSR count). The fourth-order valence-corrected chi connectivity index (χ4v) is 2.53. The molecule has 0 aliphatic carbocycles. The second kappa shape index (κ2) is 6.62. The lowest BCUT2D eigenvalue weighted by atomic mass is 10.1. The molecule has 0 N–H and O–H groups in total. The Morgan fingerprint density at radius 1 is 1.17 bits per heavy atom. The SMILES string of the molecule is COC(=O)c1ccc2c(c1)N(Cc1ccc(OC)cc1)C(=O)CO2. The molecule has 0 unspecified atom stereocenters. The minimum Gasteiger partial charge on any atom is -0.497 e. The van der Waals surface area contributed by atoms with Crippen molar-refractivity contribution in [2.45, 2.75) is 6.54 Å². The summed E-state index contributed by atoms with van der Waals surface area (Å²) in [5, 5.41) is 0. The smallest absolute Gasteiger partial charge is 0.337 e. The highest BCUT2D eigenvalue weighted by Crippen LogP contribution is 2.34. The molecule has 0 aromatic heterocycles. The zero-order chi connectivity index (χ0) is 17.1. The van der Waals surface area contributed by atoms with Gasteiger partial charge in [0, 0.05) is 0 Å². The minimum atomic E-state index is -0.458. The summed E-state index contributed by atoms with van der Waals surface area (Å²) < 4.78 is 15.3. The molecule has 6 heteroatoms. The number of ether oxygens (including phenoxy) is 3. The van der Waals surface area contributed by atoms with Crippen LogP contribution in [0.15, 0.2) is 42.5 Å². The Bertz CT molecular complexity index is 769.